The number of rotatable bonds is 5. The van der Waals surface area contributed by atoms with Crippen molar-refractivity contribution in [3.8, 4) is 55.6 Å². The van der Waals surface area contributed by atoms with Gasteiger partial charge in [-0.1, -0.05) is 174 Å². The van der Waals surface area contributed by atoms with E-state index in [4.69, 9.17) is 0 Å². The van der Waals surface area contributed by atoms with Crippen molar-refractivity contribution in [3.63, 3.8) is 0 Å². The number of benzene rings is 8. The van der Waals surface area contributed by atoms with Gasteiger partial charge in [0.2, 0.25) is 6.71 Å². The smallest absolute Gasteiger partial charge is 0.0911 e. The monoisotopic (exact) mass is 682 g/mol. The SMILES string of the molecule is c1ccc(-c2cccc(-c3cccc(-c4cccc(-c5cccc(-c6cc7c8c(c6)Sc6ccccc6B8c6ccccc6S7)c5)c4)c3)c2)cc1. The van der Waals surface area contributed by atoms with Crippen molar-refractivity contribution in [2.45, 2.75) is 19.6 Å². The van der Waals surface area contributed by atoms with Crippen LogP contribution >= 0.6 is 23.5 Å². The molecule has 2 aliphatic heterocycles. The highest BCUT2D eigenvalue weighted by Gasteiger charge is 2.38. The summed E-state index contributed by atoms with van der Waals surface area (Å²) in [7, 11) is 0. The van der Waals surface area contributed by atoms with Crippen molar-refractivity contribution in [3.05, 3.63) is 188 Å². The van der Waals surface area contributed by atoms with Crippen LogP contribution in [0.2, 0.25) is 0 Å². The molecule has 8 aromatic carbocycles. The lowest BCUT2D eigenvalue weighted by Crippen LogP contribution is -2.57. The van der Waals surface area contributed by atoms with Crippen LogP contribution in [0.15, 0.2) is 208 Å². The predicted octanol–water partition coefficient (Wildman–Crippen LogP) is 11.5. The normalized spacial score (nSPS) is 12.5. The fourth-order valence-corrected chi connectivity index (χ4v) is 10.2. The quantitative estimate of drug-likeness (QED) is 0.166. The summed E-state index contributed by atoms with van der Waals surface area (Å²) in [5.41, 5.74) is 16.6. The minimum absolute atomic E-state index is 0.277. The Morgan fingerprint density at radius 1 is 0.255 bits per heavy atom. The molecule has 2 heterocycles. The summed E-state index contributed by atoms with van der Waals surface area (Å²) < 4.78 is 0. The minimum Gasteiger partial charge on any atom is -0.0911 e. The van der Waals surface area contributed by atoms with Crippen LogP contribution in [0.3, 0.4) is 0 Å². The van der Waals surface area contributed by atoms with Crippen LogP contribution in [0.4, 0.5) is 0 Å². The molecule has 0 aromatic heterocycles. The second-order valence-corrected chi connectivity index (χ2v) is 15.5. The molecule has 0 saturated heterocycles. The second kappa shape index (κ2) is 12.7. The molecule has 0 nitrogen and oxygen atoms in total. The Morgan fingerprint density at radius 3 is 1.02 bits per heavy atom. The molecule has 2 aliphatic rings. The lowest BCUT2D eigenvalue weighted by Gasteiger charge is -2.33. The first-order chi connectivity index (χ1) is 25.2. The molecule has 10 rings (SSSR count). The third kappa shape index (κ3) is 5.54. The second-order valence-electron chi connectivity index (χ2n) is 13.3. The highest BCUT2D eigenvalue weighted by Crippen LogP contribution is 2.41. The van der Waals surface area contributed by atoms with Gasteiger partial charge in [-0.25, -0.2) is 0 Å². The van der Waals surface area contributed by atoms with Gasteiger partial charge in [0.05, 0.1) is 0 Å². The molecule has 8 aromatic rings. The first-order valence-corrected chi connectivity index (χ1v) is 19.1. The van der Waals surface area contributed by atoms with E-state index in [1.165, 1.54) is 91.6 Å². The molecule has 0 fully saturated rings. The predicted molar refractivity (Wildman–Crippen MR) is 219 cm³/mol. The van der Waals surface area contributed by atoms with E-state index >= 15 is 0 Å². The number of hydrogen-bond acceptors (Lipinski definition) is 2. The van der Waals surface area contributed by atoms with Gasteiger partial charge < -0.3 is 0 Å². The number of fused-ring (bicyclic) bond motifs is 4. The highest BCUT2D eigenvalue weighted by molar-refractivity contribution is 8.01. The summed E-state index contributed by atoms with van der Waals surface area (Å²) in [6.45, 7) is 0.277. The Balaban J connectivity index is 0.995. The van der Waals surface area contributed by atoms with Crippen LogP contribution in [0.25, 0.3) is 55.6 Å². The topological polar surface area (TPSA) is 0 Å². The van der Waals surface area contributed by atoms with E-state index < -0.39 is 0 Å². The molecule has 238 valence electrons. The van der Waals surface area contributed by atoms with Crippen LogP contribution in [0.5, 0.6) is 0 Å². The van der Waals surface area contributed by atoms with Crippen LogP contribution in [-0.4, -0.2) is 6.71 Å². The van der Waals surface area contributed by atoms with Gasteiger partial charge >= 0.3 is 0 Å². The van der Waals surface area contributed by atoms with Gasteiger partial charge in [-0.05, 0) is 110 Å². The van der Waals surface area contributed by atoms with E-state index in [1.54, 1.807) is 0 Å². The van der Waals surface area contributed by atoms with Crippen molar-refractivity contribution in [2.75, 3.05) is 0 Å². The largest absolute Gasteiger partial charge is 0.247 e. The maximum atomic E-state index is 2.43. The first-order valence-electron chi connectivity index (χ1n) is 17.4. The molecule has 0 saturated carbocycles. The average molecular weight is 683 g/mol. The molecule has 0 aliphatic carbocycles. The summed E-state index contributed by atoms with van der Waals surface area (Å²) in [6, 6.07) is 69.2. The fourth-order valence-electron chi connectivity index (χ4n) is 7.70. The van der Waals surface area contributed by atoms with Crippen LogP contribution in [0, 0.1) is 0 Å². The van der Waals surface area contributed by atoms with E-state index in [9.17, 15) is 0 Å². The standard InChI is InChI=1S/C48H31BS2/c1-2-12-32(13-3-1)33-14-8-15-34(26-33)35-16-9-17-36(27-35)37-18-10-19-38(28-37)39-20-11-21-40(29-39)41-30-46-48-47(31-41)51-45-25-7-5-23-43(45)49(48)42-22-4-6-24-44(42)50-46/h1-31H. The fraction of sp³-hybridized carbons (Fsp3) is 0. The maximum Gasteiger partial charge on any atom is 0.247 e. The molecular weight excluding hydrogens is 651 g/mol. The van der Waals surface area contributed by atoms with Crippen molar-refractivity contribution >= 4 is 46.6 Å². The summed E-state index contributed by atoms with van der Waals surface area (Å²) in [5, 5.41) is 0. The number of hydrogen-bond donors (Lipinski definition) is 0. The average Bonchev–Trinajstić information content (AvgIpc) is 3.21. The van der Waals surface area contributed by atoms with Gasteiger partial charge in [0.25, 0.3) is 0 Å². The van der Waals surface area contributed by atoms with Crippen molar-refractivity contribution in [1.29, 1.82) is 0 Å². The lowest BCUT2D eigenvalue weighted by atomic mass is 9.36. The van der Waals surface area contributed by atoms with E-state index in [-0.39, 0.29) is 6.71 Å². The zero-order chi connectivity index (χ0) is 33.7. The molecule has 3 heteroatoms. The molecular formula is C48H31BS2. The molecule has 0 radical (unpaired) electrons. The minimum atomic E-state index is 0.277. The molecule has 0 bridgehead atoms. The highest BCUT2D eigenvalue weighted by atomic mass is 32.2. The Bertz CT molecular complexity index is 2540. The zero-order valence-electron chi connectivity index (χ0n) is 27.8. The van der Waals surface area contributed by atoms with E-state index in [0.29, 0.717) is 0 Å². The maximum absolute atomic E-state index is 2.43. The summed E-state index contributed by atoms with van der Waals surface area (Å²) >= 11 is 3.84. The first kappa shape index (κ1) is 30.4. The third-order valence-electron chi connectivity index (χ3n) is 10.2. The van der Waals surface area contributed by atoms with Gasteiger partial charge in [-0.2, -0.15) is 0 Å². The van der Waals surface area contributed by atoms with Crippen LogP contribution in [0.1, 0.15) is 0 Å². The van der Waals surface area contributed by atoms with Gasteiger partial charge in [-0.3, -0.25) is 0 Å². The molecule has 0 spiro atoms. The Labute approximate surface area is 308 Å². The van der Waals surface area contributed by atoms with E-state index in [1.807, 2.05) is 23.5 Å². The van der Waals surface area contributed by atoms with Crippen LogP contribution in [-0.2, 0) is 0 Å². The third-order valence-corrected chi connectivity index (χ3v) is 12.5. The van der Waals surface area contributed by atoms with Crippen molar-refractivity contribution in [1.82, 2.24) is 0 Å². The van der Waals surface area contributed by atoms with E-state index in [0.717, 1.165) is 0 Å². The Kier molecular flexibility index (Phi) is 7.55. The van der Waals surface area contributed by atoms with Crippen molar-refractivity contribution < 1.29 is 0 Å². The van der Waals surface area contributed by atoms with E-state index in [2.05, 4.69) is 188 Å². The van der Waals surface area contributed by atoms with Gasteiger partial charge in [0.15, 0.2) is 0 Å². The molecule has 0 unspecified atom stereocenters. The summed E-state index contributed by atoms with van der Waals surface area (Å²) in [5.74, 6) is 0. The molecule has 0 N–H and O–H groups in total. The zero-order valence-corrected chi connectivity index (χ0v) is 29.4. The van der Waals surface area contributed by atoms with Gasteiger partial charge in [0.1, 0.15) is 0 Å². The summed E-state index contributed by atoms with van der Waals surface area (Å²) in [4.78, 5) is 5.46. The van der Waals surface area contributed by atoms with Gasteiger partial charge in [0, 0.05) is 19.6 Å². The molecule has 0 atom stereocenters. The van der Waals surface area contributed by atoms with Crippen molar-refractivity contribution in [2.24, 2.45) is 0 Å². The Morgan fingerprint density at radius 2 is 0.588 bits per heavy atom. The Hall–Kier alpha value is -5.48. The molecule has 51 heavy (non-hydrogen) atoms. The van der Waals surface area contributed by atoms with Crippen LogP contribution < -0.4 is 16.4 Å². The van der Waals surface area contributed by atoms with Gasteiger partial charge in [-0.15, -0.1) is 0 Å². The summed E-state index contributed by atoms with van der Waals surface area (Å²) in [6.07, 6.45) is 0. The molecule has 0 amide bonds. The lowest BCUT2D eigenvalue weighted by molar-refractivity contribution is 1.33.